The van der Waals surface area contributed by atoms with Gasteiger partial charge in [-0.05, 0) is 36.3 Å². The molecule has 0 aromatic heterocycles. The van der Waals surface area contributed by atoms with E-state index in [9.17, 15) is 0 Å². The standard InChI is InChI=1S/C17H26N2O/c20-12-11-18-7-9-19(10-8-18)14-15-5-6-16-3-1-2-4-17(16)13-15/h1-4,15,20H,5-14H2. The van der Waals surface area contributed by atoms with Crippen LogP contribution in [-0.2, 0) is 12.8 Å². The smallest absolute Gasteiger partial charge is 0.0558 e. The van der Waals surface area contributed by atoms with Crippen molar-refractivity contribution in [1.29, 1.82) is 0 Å². The highest BCUT2D eigenvalue weighted by Gasteiger charge is 2.23. The second kappa shape index (κ2) is 6.70. The number of fused-ring (bicyclic) bond motifs is 1. The fourth-order valence-corrected chi connectivity index (χ4v) is 3.63. The first-order valence-corrected chi connectivity index (χ1v) is 7.97. The monoisotopic (exact) mass is 274 g/mol. The number of aliphatic hydroxyl groups is 1. The first-order chi connectivity index (χ1) is 9.85. The summed E-state index contributed by atoms with van der Waals surface area (Å²) in [5.74, 6) is 0.828. The minimum Gasteiger partial charge on any atom is -0.395 e. The topological polar surface area (TPSA) is 26.7 Å². The third kappa shape index (κ3) is 3.40. The van der Waals surface area contributed by atoms with Crippen LogP contribution in [-0.4, -0.2) is 60.8 Å². The van der Waals surface area contributed by atoms with E-state index in [2.05, 4.69) is 34.1 Å². The molecule has 0 spiro atoms. The normalized spacial score (nSPS) is 24.6. The predicted molar refractivity (Wildman–Crippen MR) is 81.9 cm³/mol. The third-order valence-corrected chi connectivity index (χ3v) is 4.85. The molecule has 0 bridgehead atoms. The molecule has 2 aliphatic rings. The van der Waals surface area contributed by atoms with Gasteiger partial charge in [0.15, 0.2) is 0 Å². The maximum Gasteiger partial charge on any atom is 0.0558 e. The number of benzene rings is 1. The zero-order valence-corrected chi connectivity index (χ0v) is 12.3. The summed E-state index contributed by atoms with van der Waals surface area (Å²) in [5, 5.41) is 8.98. The third-order valence-electron chi connectivity index (χ3n) is 4.85. The van der Waals surface area contributed by atoms with Crippen LogP contribution in [0.1, 0.15) is 17.5 Å². The molecule has 0 amide bonds. The molecule has 1 fully saturated rings. The maximum absolute atomic E-state index is 8.98. The van der Waals surface area contributed by atoms with Gasteiger partial charge < -0.3 is 10.0 Å². The molecule has 3 nitrogen and oxygen atoms in total. The number of hydrogen-bond donors (Lipinski definition) is 1. The highest BCUT2D eigenvalue weighted by molar-refractivity contribution is 5.29. The van der Waals surface area contributed by atoms with Crippen molar-refractivity contribution < 1.29 is 5.11 Å². The van der Waals surface area contributed by atoms with E-state index in [1.807, 2.05) is 0 Å². The summed E-state index contributed by atoms with van der Waals surface area (Å²) < 4.78 is 0. The largest absolute Gasteiger partial charge is 0.395 e. The summed E-state index contributed by atoms with van der Waals surface area (Å²) in [4.78, 5) is 4.99. The molecule has 110 valence electrons. The SMILES string of the molecule is OCCN1CCN(CC2CCc3ccccc3C2)CC1. The molecule has 3 rings (SSSR count). The highest BCUT2D eigenvalue weighted by Crippen LogP contribution is 2.26. The molecule has 1 aliphatic carbocycles. The van der Waals surface area contributed by atoms with Gasteiger partial charge in [0.1, 0.15) is 0 Å². The summed E-state index contributed by atoms with van der Waals surface area (Å²) >= 11 is 0. The van der Waals surface area contributed by atoms with Gasteiger partial charge in [-0.2, -0.15) is 0 Å². The molecule has 0 saturated carbocycles. The maximum atomic E-state index is 8.98. The summed E-state index contributed by atoms with van der Waals surface area (Å²) in [6, 6.07) is 8.94. The van der Waals surface area contributed by atoms with Crippen molar-refractivity contribution in [3.05, 3.63) is 35.4 Å². The molecular weight excluding hydrogens is 248 g/mol. The Bertz CT molecular complexity index is 427. The van der Waals surface area contributed by atoms with Crippen molar-refractivity contribution in [1.82, 2.24) is 9.80 Å². The number of piperazine rings is 1. The summed E-state index contributed by atoms with van der Waals surface area (Å²) in [7, 11) is 0. The van der Waals surface area contributed by atoms with Crippen LogP contribution in [0.25, 0.3) is 0 Å². The number of aryl methyl sites for hydroxylation is 1. The number of nitrogens with zero attached hydrogens (tertiary/aromatic N) is 2. The summed E-state index contributed by atoms with van der Waals surface area (Å²) in [6.45, 7) is 6.94. The van der Waals surface area contributed by atoms with Crippen molar-refractivity contribution in [2.24, 2.45) is 5.92 Å². The molecule has 1 aromatic carbocycles. The molecule has 1 heterocycles. The average Bonchev–Trinajstić information content (AvgIpc) is 2.49. The van der Waals surface area contributed by atoms with E-state index < -0.39 is 0 Å². The van der Waals surface area contributed by atoms with Gasteiger partial charge in [-0.1, -0.05) is 24.3 Å². The Hall–Kier alpha value is -0.900. The minimum atomic E-state index is 0.291. The van der Waals surface area contributed by atoms with Crippen molar-refractivity contribution in [3.63, 3.8) is 0 Å². The van der Waals surface area contributed by atoms with Gasteiger partial charge in [0.2, 0.25) is 0 Å². The Kier molecular flexibility index (Phi) is 4.71. The molecule has 0 radical (unpaired) electrons. The second-order valence-corrected chi connectivity index (χ2v) is 6.24. The first-order valence-electron chi connectivity index (χ1n) is 7.97. The number of rotatable bonds is 4. The van der Waals surface area contributed by atoms with Crippen LogP contribution in [0.2, 0.25) is 0 Å². The molecule has 1 aromatic rings. The van der Waals surface area contributed by atoms with Crippen LogP contribution in [0.3, 0.4) is 0 Å². The predicted octanol–water partition coefficient (Wildman–Crippen LogP) is 1.40. The zero-order chi connectivity index (χ0) is 13.8. The molecular formula is C17H26N2O. The van der Waals surface area contributed by atoms with Crippen LogP contribution in [0.15, 0.2) is 24.3 Å². The van der Waals surface area contributed by atoms with Gasteiger partial charge in [-0.15, -0.1) is 0 Å². The quantitative estimate of drug-likeness (QED) is 0.899. The van der Waals surface area contributed by atoms with Gasteiger partial charge in [-0.25, -0.2) is 0 Å². The second-order valence-electron chi connectivity index (χ2n) is 6.24. The highest BCUT2D eigenvalue weighted by atomic mass is 16.3. The first kappa shape index (κ1) is 14.1. The van der Waals surface area contributed by atoms with Crippen LogP contribution < -0.4 is 0 Å². The zero-order valence-electron chi connectivity index (χ0n) is 12.3. The summed E-state index contributed by atoms with van der Waals surface area (Å²) in [5.41, 5.74) is 3.14. The van der Waals surface area contributed by atoms with E-state index in [0.29, 0.717) is 6.61 Å². The van der Waals surface area contributed by atoms with Gasteiger partial charge in [-0.3, -0.25) is 4.90 Å². The van der Waals surface area contributed by atoms with Crippen molar-refractivity contribution >= 4 is 0 Å². The lowest BCUT2D eigenvalue weighted by molar-refractivity contribution is 0.0994. The van der Waals surface area contributed by atoms with E-state index in [4.69, 9.17) is 5.11 Å². The van der Waals surface area contributed by atoms with Gasteiger partial charge >= 0.3 is 0 Å². The van der Waals surface area contributed by atoms with E-state index >= 15 is 0 Å². The Morgan fingerprint density at radius 1 is 1.00 bits per heavy atom. The number of β-amino-alcohol motifs (C(OH)–C–C–N with tert-alkyl or cyclic N) is 1. The minimum absolute atomic E-state index is 0.291. The Morgan fingerprint density at radius 2 is 1.70 bits per heavy atom. The average molecular weight is 274 g/mol. The van der Waals surface area contributed by atoms with Crippen LogP contribution in [0.4, 0.5) is 0 Å². The Morgan fingerprint density at radius 3 is 2.45 bits per heavy atom. The van der Waals surface area contributed by atoms with Gasteiger partial charge in [0.05, 0.1) is 6.61 Å². The van der Waals surface area contributed by atoms with Crippen molar-refractivity contribution in [2.75, 3.05) is 45.9 Å². The lowest BCUT2D eigenvalue weighted by atomic mass is 9.83. The van der Waals surface area contributed by atoms with Crippen LogP contribution >= 0.6 is 0 Å². The molecule has 1 unspecified atom stereocenters. The van der Waals surface area contributed by atoms with Crippen LogP contribution in [0.5, 0.6) is 0 Å². The van der Waals surface area contributed by atoms with Gasteiger partial charge in [0, 0.05) is 39.3 Å². The lowest BCUT2D eigenvalue weighted by Gasteiger charge is -2.37. The van der Waals surface area contributed by atoms with Crippen molar-refractivity contribution in [2.45, 2.75) is 19.3 Å². The molecule has 3 heteroatoms. The molecule has 1 atom stereocenters. The number of aliphatic hydroxyl groups excluding tert-OH is 1. The van der Waals surface area contributed by atoms with E-state index in [-0.39, 0.29) is 0 Å². The molecule has 1 N–H and O–H groups in total. The van der Waals surface area contributed by atoms with E-state index in [1.165, 1.54) is 25.8 Å². The Labute approximate surface area is 122 Å². The fraction of sp³-hybridized carbons (Fsp3) is 0.647. The van der Waals surface area contributed by atoms with Crippen LogP contribution in [0, 0.1) is 5.92 Å². The summed E-state index contributed by atoms with van der Waals surface area (Å²) in [6.07, 6.45) is 3.85. The molecule has 1 aliphatic heterocycles. The number of hydrogen-bond acceptors (Lipinski definition) is 3. The molecule has 20 heavy (non-hydrogen) atoms. The fourth-order valence-electron chi connectivity index (χ4n) is 3.63. The molecule has 1 saturated heterocycles. The lowest BCUT2D eigenvalue weighted by Crippen LogP contribution is -2.48. The Balaban J connectivity index is 1.48. The van der Waals surface area contributed by atoms with Gasteiger partial charge in [0.25, 0.3) is 0 Å². The van der Waals surface area contributed by atoms with Crippen molar-refractivity contribution in [3.8, 4) is 0 Å². The van der Waals surface area contributed by atoms with E-state index in [0.717, 1.165) is 38.6 Å². The van der Waals surface area contributed by atoms with E-state index in [1.54, 1.807) is 11.1 Å².